The number of piperazine rings is 1. The SMILES string of the molecule is C=CCC(C)(C)OC(=O)OCn1cc2cc(CC(NC(=O)N3CCC(c4cc5ccccc5[nH]c4=O)CC3)C(=O)N3CCN(C4CC[N+](C)(COC(=O)OC(C)(C)CC=C)CC4)CC3)cc(C)c2n1.O=C([O-])C(F)(F)F. The number of ether oxygens (including phenoxy) is 4. The van der Waals surface area contributed by atoms with Gasteiger partial charge in [0, 0.05) is 100 Å². The highest BCUT2D eigenvalue weighted by Crippen LogP contribution is 2.29. The molecule has 19 nitrogen and oxygen atoms in total. The number of rotatable bonds is 16. The molecular weight excluding hydrogens is 994 g/mol. The number of aryl methyl sites for hydroxylation is 1. The molecule has 4 aromatic rings. The summed E-state index contributed by atoms with van der Waals surface area (Å²) in [6, 6.07) is 12.8. The van der Waals surface area contributed by atoms with E-state index in [0.29, 0.717) is 75.5 Å². The maximum absolute atomic E-state index is 14.7. The van der Waals surface area contributed by atoms with E-state index in [9.17, 15) is 37.1 Å². The Kier molecular flexibility index (Phi) is 19.0. The van der Waals surface area contributed by atoms with Gasteiger partial charge in [0.2, 0.25) is 12.6 Å². The summed E-state index contributed by atoms with van der Waals surface area (Å²) in [7, 11) is 2.10. The molecule has 1 atom stereocenters. The number of carboxylic acid groups (broad SMARTS) is 1. The van der Waals surface area contributed by atoms with Crippen LogP contribution in [0.2, 0.25) is 0 Å². The number of urea groups is 1. The van der Waals surface area contributed by atoms with Crippen molar-refractivity contribution in [2.45, 2.75) is 122 Å². The van der Waals surface area contributed by atoms with Crippen molar-refractivity contribution < 1.29 is 65.7 Å². The third-order valence-electron chi connectivity index (χ3n) is 14.1. The number of H-pyrrole nitrogens is 1. The minimum Gasteiger partial charge on any atom is -0.542 e. The molecule has 3 fully saturated rings. The molecule has 5 heterocycles. The van der Waals surface area contributed by atoms with Crippen molar-refractivity contribution in [3.8, 4) is 0 Å². The predicted molar refractivity (Wildman–Crippen MR) is 275 cm³/mol. The van der Waals surface area contributed by atoms with Crippen molar-refractivity contribution in [3.63, 3.8) is 0 Å². The molecule has 2 N–H and O–H groups in total. The maximum atomic E-state index is 14.7. The van der Waals surface area contributed by atoms with E-state index in [1.54, 1.807) is 37.1 Å². The summed E-state index contributed by atoms with van der Waals surface area (Å²) >= 11 is 0. The van der Waals surface area contributed by atoms with E-state index in [1.807, 2.05) is 68.1 Å². The monoisotopic (exact) mass is 1060 g/mol. The smallest absolute Gasteiger partial charge is 0.513 e. The lowest BCUT2D eigenvalue weighted by atomic mass is 9.89. The number of amides is 3. The minimum absolute atomic E-state index is 0.000880. The highest BCUT2D eigenvalue weighted by Gasteiger charge is 2.38. The minimum atomic E-state index is -5.19. The molecule has 3 amide bonds. The molecule has 414 valence electrons. The number of nitrogens with zero attached hydrogens (tertiary/aromatic N) is 6. The molecule has 3 aliphatic rings. The van der Waals surface area contributed by atoms with Crippen LogP contribution in [0.1, 0.15) is 88.8 Å². The molecule has 0 radical (unpaired) electrons. The van der Waals surface area contributed by atoms with Gasteiger partial charge in [-0.05, 0) is 88.1 Å². The number of aromatic nitrogens is 3. The van der Waals surface area contributed by atoms with Crippen molar-refractivity contribution in [1.29, 1.82) is 0 Å². The zero-order valence-corrected chi connectivity index (χ0v) is 44.2. The quantitative estimate of drug-likeness (QED) is 0.0682. The Hall–Kier alpha value is -6.94. The van der Waals surface area contributed by atoms with Crippen LogP contribution in [0.3, 0.4) is 0 Å². The van der Waals surface area contributed by atoms with Gasteiger partial charge in [-0.25, -0.2) is 19.1 Å². The Bertz CT molecular complexity index is 2790. The van der Waals surface area contributed by atoms with E-state index in [1.165, 1.54) is 4.68 Å². The number of aliphatic carboxylic acids is 1. The first kappa shape index (κ1) is 58.3. The number of carbonyl (C=O) groups is 5. The molecule has 0 aliphatic carbocycles. The van der Waals surface area contributed by atoms with E-state index in [0.717, 1.165) is 64.4 Å². The Morgan fingerprint density at radius 1 is 0.855 bits per heavy atom. The van der Waals surface area contributed by atoms with Crippen LogP contribution in [0, 0.1) is 6.92 Å². The lowest BCUT2D eigenvalue weighted by Crippen LogP contribution is -2.60. The third kappa shape index (κ3) is 16.0. The summed E-state index contributed by atoms with van der Waals surface area (Å²) in [5, 5.41) is 18.3. The fourth-order valence-electron chi connectivity index (χ4n) is 9.97. The molecule has 0 spiro atoms. The van der Waals surface area contributed by atoms with Crippen molar-refractivity contribution in [2.24, 2.45) is 0 Å². The van der Waals surface area contributed by atoms with Crippen LogP contribution in [-0.2, 0) is 41.7 Å². The van der Waals surface area contributed by atoms with Crippen molar-refractivity contribution in [1.82, 2.24) is 34.8 Å². The molecule has 22 heteroatoms. The molecule has 1 unspecified atom stereocenters. The van der Waals surface area contributed by atoms with Gasteiger partial charge in [-0.3, -0.25) is 19.0 Å². The standard InChI is InChI=1S/C52H70N8O9.C2HF3O2/c1-9-19-51(4,5)68-49(64)66-34-59-33-40-30-37(29-36(3)45(40)55-59)31-44(54-48(63)58-21-15-38(16-22-58)42-32-39-13-11-12-14-43(39)53-46(42)61)47(62)57-25-23-56(24-26-57)41-17-27-60(8,28-18-41)35-67-50(65)69-52(6,7)20-10-2;3-2(4,5)1(6)7/h9-14,29-30,32-33,38,41,44H,1-2,15-28,31,34-35H2,3-8H3,(H-,53,54,61,63);(H,6,7). The Labute approximate surface area is 440 Å². The van der Waals surface area contributed by atoms with Gasteiger partial charge in [0.15, 0.2) is 6.73 Å². The maximum Gasteiger partial charge on any atom is 0.513 e. The van der Waals surface area contributed by atoms with E-state index in [4.69, 9.17) is 28.8 Å². The number of pyridine rings is 1. The van der Waals surface area contributed by atoms with Crippen LogP contribution >= 0.6 is 0 Å². The van der Waals surface area contributed by atoms with Crippen molar-refractivity contribution >= 4 is 52.0 Å². The van der Waals surface area contributed by atoms with Gasteiger partial charge in [-0.15, -0.1) is 13.2 Å². The Morgan fingerprint density at radius 2 is 1.45 bits per heavy atom. The fraction of sp³-hybridized carbons (Fsp3) is 0.537. The average molecular weight is 1070 g/mol. The summed E-state index contributed by atoms with van der Waals surface area (Å²) < 4.78 is 55.6. The number of quaternary nitrogens is 1. The number of alkyl halides is 3. The van der Waals surface area contributed by atoms with Crippen LogP contribution < -0.4 is 16.0 Å². The summed E-state index contributed by atoms with van der Waals surface area (Å²) in [6.07, 6.45) is 2.86. The van der Waals surface area contributed by atoms with Crippen LogP contribution in [0.4, 0.5) is 27.6 Å². The van der Waals surface area contributed by atoms with Crippen LogP contribution in [0.25, 0.3) is 21.8 Å². The molecule has 3 aliphatic heterocycles. The van der Waals surface area contributed by atoms with Gasteiger partial charge in [-0.2, -0.15) is 18.3 Å². The molecule has 7 rings (SSSR count). The second-order valence-corrected chi connectivity index (χ2v) is 21.3. The second-order valence-electron chi connectivity index (χ2n) is 21.3. The summed E-state index contributed by atoms with van der Waals surface area (Å²) in [4.78, 5) is 84.7. The number of hydrogen-bond acceptors (Lipinski definition) is 13. The third-order valence-corrected chi connectivity index (χ3v) is 14.1. The first-order valence-corrected chi connectivity index (χ1v) is 25.5. The molecule has 0 saturated carbocycles. The Balaban J connectivity index is 0.00000125. The number of para-hydroxylation sites is 1. The van der Waals surface area contributed by atoms with Crippen molar-refractivity contribution in [3.05, 3.63) is 101 Å². The fourth-order valence-corrected chi connectivity index (χ4v) is 9.97. The topological polar surface area (TPSA) is 218 Å². The lowest BCUT2D eigenvalue weighted by molar-refractivity contribution is -0.930. The molecule has 2 aromatic heterocycles. The number of halogens is 3. The number of carbonyl (C=O) groups excluding carboxylic acids is 5. The van der Waals surface area contributed by atoms with Crippen LogP contribution in [-0.4, -0.2) is 160 Å². The molecule has 3 saturated heterocycles. The van der Waals surface area contributed by atoms with Crippen molar-refractivity contribution in [2.75, 3.05) is 66.1 Å². The first-order chi connectivity index (χ1) is 35.8. The number of aromatic amines is 1. The Morgan fingerprint density at radius 3 is 2.04 bits per heavy atom. The highest BCUT2D eigenvalue weighted by atomic mass is 19.4. The number of hydrogen-bond donors (Lipinski definition) is 2. The number of piperidine rings is 2. The molecule has 2 aromatic carbocycles. The number of likely N-dealkylation sites (tertiary alicyclic amines) is 2. The van der Waals surface area contributed by atoms with E-state index in [-0.39, 0.29) is 43.3 Å². The van der Waals surface area contributed by atoms with E-state index >= 15 is 0 Å². The second kappa shape index (κ2) is 24.8. The number of benzene rings is 2. The van der Waals surface area contributed by atoms with Gasteiger partial charge in [0.25, 0.3) is 5.56 Å². The summed E-state index contributed by atoms with van der Waals surface area (Å²) in [5.41, 5.74) is 2.41. The van der Waals surface area contributed by atoms with E-state index < -0.39 is 41.7 Å². The lowest BCUT2D eigenvalue weighted by Gasteiger charge is -2.45. The highest BCUT2D eigenvalue weighted by molar-refractivity contribution is 5.88. The van der Waals surface area contributed by atoms with Crippen LogP contribution in [0.15, 0.2) is 78.8 Å². The predicted octanol–water partition coefficient (Wildman–Crippen LogP) is 6.67. The zero-order chi connectivity index (χ0) is 55.6. The van der Waals surface area contributed by atoms with Gasteiger partial charge < -0.3 is 48.9 Å². The number of nitrogens with one attached hydrogen (secondary N) is 2. The van der Waals surface area contributed by atoms with Gasteiger partial charge in [0.1, 0.15) is 23.2 Å². The summed E-state index contributed by atoms with van der Waals surface area (Å²) in [6.45, 7) is 21.7. The number of carboxylic acids is 1. The normalized spacial score (nSPS) is 19.2. The zero-order valence-electron chi connectivity index (χ0n) is 44.2. The van der Waals surface area contributed by atoms with Gasteiger partial charge >= 0.3 is 24.5 Å². The molecule has 76 heavy (non-hydrogen) atoms. The summed E-state index contributed by atoms with van der Waals surface area (Å²) in [5.74, 6) is -3.15. The number of fused-ring (bicyclic) bond motifs is 2. The van der Waals surface area contributed by atoms with E-state index in [2.05, 4.69) is 40.5 Å². The van der Waals surface area contributed by atoms with Gasteiger partial charge in [-0.1, -0.05) is 36.4 Å². The molecule has 0 bridgehead atoms. The van der Waals surface area contributed by atoms with Gasteiger partial charge in [0.05, 0.1) is 25.7 Å². The average Bonchev–Trinajstić information content (AvgIpc) is 3.78. The largest absolute Gasteiger partial charge is 0.542 e. The first-order valence-electron chi connectivity index (χ1n) is 25.5. The van der Waals surface area contributed by atoms with Crippen LogP contribution in [0.5, 0.6) is 0 Å². The molecular formula is C54H71F3N8O11.